The van der Waals surface area contributed by atoms with E-state index in [2.05, 4.69) is 0 Å². The van der Waals surface area contributed by atoms with Crippen LogP contribution in [-0.4, -0.2) is 54.4 Å². The number of phenolic OH excluding ortho intramolecular Hbond substituents is 1. The van der Waals surface area contributed by atoms with Crippen molar-refractivity contribution in [2.45, 2.75) is 57.7 Å². The SMILES string of the molecule is CCc1ccc(C(=O)N2CCC(OC[C@@H]3CCCCO3)CC2)c(O)c1. The van der Waals surface area contributed by atoms with Gasteiger partial charge >= 0.3 is 0 Å². The van der Waals surface area contributed by atoms with E-state index in [9.17, 15) is 9.90 Å². The second-order valence-electron chi connectivity index (χ2n) is 7.02. The van der Waals surface area contributed by atoms with Crippen LogP contribution >= 0.6 is 0 Å². The first-order chi connectivity index (χ1) is 12.2. The van der Waals surface area contributed by atoms with Crippen molar-refractivity contribution < 1.29 is 19.4 Å². The fraction of sp³-hybridized carbons (Fsp3) is 0.650. The molecule has 0 bridgehead atoms. The highest BCUT2D eigenvalue weighted by atomic mass is 16.5. The van der Waals surface area contributed by atoms with E-state index in [4.69, 9.17) is 9.47 Å². The van der Waals surface area contributed by atoms with Gasteiger partial charge in [-0.2, -0.15) is 0 Å². The molecule has 3 rings (SSSR count). The van der Waals surface area contributed by atoms with E-state index < -0.39 is 0 Å². The van der Waals surface area contributed by atoms with E-state index in [-0.39, 0.29) is 23.9 Å². The van der Waals surface area contributed by atoms with Crippen LogP contribution < -0.4 is 0 Å². The number of piperidine rings is 1. The highest BCUT2D eigenvalue weighted by molar-refractivity contribution is 5.97. The molecular weight excluding hydrogens is 318 g/mol. The van der Waals surface area contributed by atoms with Gasteiger partial charge in [-0.05, 0) is 56.2 Å². The van der Waals surface area contributed by atoms with Crippen molar-refractivity contribution in [1.82, 2.24) is 4.90 Å². The van der Waals surface area contributed by atoms with E-state index in [0.29, 0.717) is 25.3 Å². The van der Waals surface area contributed by atoms with Crippen LogP contribution in [0.5, 0.6) is 5.75 Å². The summed E-state index contributed by atoms with van der Waals surface area (Å²) in [7, 11) is 0. The summed E-state index contributed by atoms with van der Waals surface area (Å²) in [6.45, 7) is 4.88. The molecule has 1 aromatic rings. The molecular formula is C20H29NO4. The molecule has 5 heteroatoms. The van der Waals surface area contributed by atoms with E-state index >= 15 is 0 Å². The molecule has 1 aromatic carbocycles. The molecule has 1 amide bonds. The lowest BCUT2D eigenvalue weighted by Crippen LogP contribution is -2.41. The Labute approximate surface area is 149 Å². The van der Waals surface area contributed by atoms with Crippen molar-refractivity contribution in [2.75, 3.05) is 26.3 Å². The molecule has 0 spiro atoms. The van der Waals surface area contributed by atoms with Crippen molar-refractivity contribution in [2.24, 2.45) is 0 Å². The van der Waals surface area contributed by atoms with Gasteiger partial charge in [-0.15, -0.1) is 0 Å². The molecule has 1 N–H and O–H groups in total. The first-order valence-corrected chi connectivity index (χ1v) is 9.51. The van der Waals surface area contributed by atoms with Gasteiger partial charge in [0.2, 0.25) is 0 Å². The number of ether oxygens (including phenoxy) is 2. The predicted molar refractivity (Wildman–Crippen MR) is 96.0 cm³/mol. The van der Waals surface area contributed by atoms with Crippen LogP contribution in [0.25, 0.3) is 0 Å². The monoisotopic (exact) mass is 347 g/mol. The average Bonchev–Trinajstić information content (AvgIpc) is 2.67. The summed E-state index contributed by atoms with van der Waals surface area (Å²) in [6, 6.07) is 5.33. The summed E-state index contributed by atoms with van der Waals surface area (Å²) in [6.07, 6.45) is 6.43. The molecule has 0 aliphatic carbocycles. The molecule has 5 nitrogen and oxygen atoms in total. The van der Waals surface area contributed by atoms with Crippen LogP contribution in [0.2, 0.25) is 0 Å². The lowest BCUT2D eigenvalue weighted by molar-refractivity contribution is -0.0733. The third-order valence-electron chi connectivity index (χ3n) is 5.22. The number of rotatable bonds is 5. The summed E-state index contributed by atoms with van der Waals surface area (Å²) in [4.78, 5) is 14.5. The van der Waals surface area contributed by atoms with Gasteiger partial charge in [0.05, 0.1) is 24.4 Å². The number of carbonyl (C=O) groups is 1. The Bertz CT molecular complexity index is 575. The summed E-state index contributed by atoms with van der Waals surface area (Å²) in [5.74, 6) is -0.00797. The highest BCUT2D eigenvalue weighted by Gasteiger charge is 2.26. The van der Waals surface area contributed by atoms with Gasteiger partial charge in [0.15, 0.2) is 0 Å². The smallest absolute Gasteiger partial charge is 0.257 e. The summed E-state index contributed by atoms with van der Waals surface area (Å²) in [5.41, 5.74) is 1.43. The minimum absolute atomic E-state index is 0.0807. The van der Waals surface area contributed by atoms with E-state index in [1.807, 2.05) is 17.9 Å². The van der Waals surface area contributed by atoms with Gasteiger partial charge in [0.1, 0.15) is 5.75 Å². The van der Waals surface area contributed by atoms with E-state index in [1.165, 1.54) is 6.42 Å². The largest absolute Gasteiger partial charge is 0.507 e. The summed E-state index contributed by atoms with van der Waals surface area (Å²) < 4.78 is 11.7. The molecule has 0 saturated carbocycles. The van der Waals surface area contributed by atoms with Gasteiger partial charge in [0, 0.05) is 19.7 Å². The van der Waals surface area contributed by atoms with E-state index in [0.717, 1.165) is 44.3 Å². The number of carbonyl (C=O) groups excluding carboxylic acids is 1. The molecule has 2 aliphatic rings. The Morgan fingerprint density at radius 1 is 1.28 bits per heavy atom. The maximum atomic E-state index is 12.6. The van der Waals surface area contributed by atoms with Crippen LogP contribution in [0.4, 0.5) is 0 Å². The molecule has 2 aliphatic heterocycles. The fourth-order valence-corrected chi connectivity index (χ4v) is 3.56. The number of nitrogens with zero attached hydrogens (tertiary/aromatic N) is 1. The topological polar surface area (TPSA) is 59.0 Å². The molecule has 25 heavy (non-hydrogen) atoms. The quantitative estimate of drug-likeness (QED) is 0.889. The van der Waals surface area contributed by atoms with Crippen LogP contribution in [0.1, 0.15) is 54.9 Å². The zero-order valence-electron chi connectivity index (χ0n) is 15.1. The number of aryl methyl sites for hydroxylation is 1. The molecule has 2 saturated heterocycles. The maximum absolute atomic E-state index is 12.6. The Morgan fingerprint density at radius 2 is 2.08 bits per heavy atom. The van der Waals surface area contributed by atoms with Gasteiger partial charge in [-0.1, -0.05) is 13.0 Å². The summed E-state index contributed by atoms with van der Waals surface area (Å²) >= 11 is 0. The lowest BCUT2D eigenvalue weighted by atomic mass is 10.0. The van der Waals surface area contributed by atoms with Crippen molar-refractivity contribution in [3.8, 4) is 5.75 Å². The summed E-state index contributed by atoms with van der Waals surface area (Å²) in [5, 5.41) is 10.1. The zero-order valence-corrected chi connectivity index (χ0v) is 15.1. The number of benzene rings is 1. The van der Waals surface area contributed by atoms with Crippen molar-refractivity contribution in [3.63, 3.8) is 0 Å². The minimum Gasteiger partial charge on any atom is -0.507 e. The Morgan fingerprint density at radius 3 is 2.72 bits per heavy atom. The number of aromatic hydroxyl groups is 1. The van der Waals surface area contributed by atoms with Crippen LogP contribution in [0.15, 0.2) is 18.2 Å². The molecule has 1 atom stereocenters. The molecule has 0 radical (unpaired) electrons. The number of likely N-dealkylation sites (tertiary alicyclic amines) is 1. The number of hydrogen-bond donors (Lipinski definition) is 1. The highest BCUT2D eigenvalue weighted by Crippen LogP contribution is 2.24. The standard InChI is InChI=1S/C20H29NO4/c1-2-15-6-7-18(19(22)13-15)20(23)21-10-8-16(9-11-21)25-14-17-5-3-4-12-24-17/h6-7,13,16-17,22H,2-5,8-12,14H2,1H3/t17-/m0/s1. The third-order valence-corrected chi connectivity index (χ3v) is 5.22. The number of phenols is 1. The number of hydrogen-bond acceptors (Lipinski definition) is 4. The van der Waals surface area contributed by atoms with Gasteiger partial charge in [-0.25, -0.2) is 0 Å². The number of amides is 1. The Hall–Kier alpha value is -1.59. The van der Waals surface area contributed by atoms with Crippen LogP contribution in [0, 0.1) is 0 Å². The fourth-order valence-electron chi connectivity index (χ4n) is 3.56. The average molecular weight is 347 g/mol. The Balaban J connectivity index is 1.47. The molecule has 2 heterocycles. The van der Waals surface area contributed by atoms with Crippen molar-refractivity contribution in [1.29, 1.82) is 0 Å². The van der Waals surface area contributed by atoms with Crippen molar-refractivity contribution in [3.05, 3.63) is 29.3 Å². The molecule has 138 valence electrons. The second kappa shape index (κ2) is 8.68. The van der Waals surface area contributed by atoms with Gasteiger partial charge in [0.25, 0.3) is 5.91 Å². The van der Waals surface area contributed by atoms with Gasteiger partial charge < -0.3 is 19.5 Å². The minimum atomic E-state index is -0.0887. The second-order valence-corrected chi connectivity index (χ2v) is 7.02. The zero-order chi connectivity index (χ0) is 17.6. The normalized spacial score (nSPS) is 22.1. The van der Waals surface area contributed by atoms with Crippen LogP contribution in [0.3, 0.4) is 0 Å². The van der Waals surface area contributed by atoms with E-state index in [1.54, 1.807) is 12.1 Å². The molecule has 2 fully saturated rings. The first-order valence-electron chi connectivity index (χ1n) is 9.51. The lowest BCUT2D eigenvalue weighted by Gasteiger charge is -2.33. The third kappa shape index (κ3) is 4.73. The van der Waals surface area contributed by atoms with Crippen LogP contribution in [-0.2, 0) is 15.9 Å². The predicted octanol–water partition coefficient (Wildman–Crippen LogP) is 3.14. The molecule has 0 aromatic heterocycles. The molecule has 0 unspecified atom stereocenters. The first kappa shape index (κ1) is 18.2. The maximum Gasteiger partial charge on any atom is 0.257 e. The Kier molecular flexibility index (Phi) is 6.32. The van der Waals surface area contributed by atoms with Gasteiger partial charge in [-0.3, -0.25) is 4.79 Å². The van der Waals surface area contributed by atoms with Crippen molar-refractivity contribution >= 4 is 5.91 Å².